The van der Waals surface area contributed by atoms with Crippen molar-refractivity contribution in [3.63, 3.8) is 0 Å². The topological polar surface area (TPSA) is 121 Å². The number of amides is 3. The summed E-state index contributed by atoms with van der Waals surface area (Å²) in [7, 11) is 0. The lowest BCUT2D eigenvalue weighted by atomic mass is 9.99. The number of carbonyl (C=O) groups is 4. The van der Waals surface area contributed by atoms with Crippen molar-refractivity contribution in [1.82, 2.24) is 9.80 Å². The van der Waals surface area contributed by atoms with Crippen LogP contribution in [-0.4, -0.2) is 69.2 Å². The van der Waals surface area contributed by atoms with E-state index in [1.165, 1.54) is 16.2 Å². The number of aliphatic hydroxyl groups is 1. The normalized spacial score (nSPS) is 28.3. The second-order valence-electron chi connectivity index (χ2n) is 7.71. The molecule has 3 unspecified atom stereocenters. The van der Waals surface area contributed by atoms with Crippen molar-refractivity contribution >= 4 is 23.5 Å². The molecule has 3 atom stereocenters. The van der Waals surface area contributed by atoms with E-state index in [1.54, 1.807) is 6.92 Å². The van der Waals surface area contributed by atoms with Gasteiger partial charge in [-0.3, -0.25) is 19.2 Å². The highest BCUT2D eigenvalue weighted by molar-refractivity contribution is 6.00. The molecule has 26 heavy (non-hydrogen) atoms. The second kappa shape index (κ2) is 6.98. The molecule has 1 aliphatic carbocycles. The minimum absolute atomic E-state index is 0.0576. The molecule has 3 N–H and O–H groups in total. The van der Waals surface area contributed by atoms with Crippen LogP contribution < -0.4 is 5.73 Å². The van der Waals surface area contributed by atoms with Gasteiger partial charge >= 0.3 is 0 Å². The highest BCUT2D eigenvalue weighted by Gasteiger charge is 2.54. The van der Waals surface area contributed by atoms with Gasteiger partial charge in [-0.15, -0.1) is 0 Å². The van der Waals surface area contributed by atoms with Crippen LogP contribution in [0.25, 0.3) is 0 Å². The van der Waals surface area contributed by atoms with Gasteiger partial charge in [0.05, 0.1) is 19.0 Å². The number of Topliss-reactive ketones (excluding diaryl/α,β-unsaturated/α-hetero) is 1. The van der Waals surface area contributed by atoms with Gasteiger partial charge in [0.2, 0.25) is 11.8 Å². The van der Waals surface area contributed by atoms with Gasteiger partial charge in [0.15, 0.2) is 5.78 Å². The summed E-state index contributed by atoms with van der Waals surface area (Å²) in [6.07, 6.45) is 4.58. The molecule has 3 rings (SSSR count). The number of hydrogen-bond acceptors (Lipinski definition) is 5. The molecule has 0 bridgehead atoms. The maximum atomic E-state index is 12.8. The molecule has 1 saturated carbocycles. The van der Waals surface area contributed by atoms with Gasteiger partial charge in [0.1, 0.15) is 11.6 Å². The fourth-order valence-electron chi connectivity index (χ4n) is 4.29. The van der Waals surface area contributed by atoms with Crippen LogP contribution in [-0.2, 0) is 19.2 Å². The van der Waals surface area contributed by atoms with E-state index in [9.17, 15) is 24.3 Å². The second-order valence-corrected chi connectivity index (χ2v) is 7.71. The maximum Gasteiger partial charge on any atom is 0.255 e. The van der Waals surface area contributed by atoms with Crippen molar-refractivity contribution in [2.45, 2.75) is 63.1 Å². The number of primary amides is 1. The Bertz CT molecular complexity index is 628. The van der Waals surface area contributed by atoms with Crippen LogP contribution >= 0.6 is 0 Å². The number of carbonyl (C=O) groups excluding carboxylic acids is 4. The lowest BCUT2D eigenvalue weighted by molar-refractivity contribution is -0.152. The van der Waals surface area contributed by atoms with E-state index in [-0.39, 0.29) is 36.6 Å². The Labute approximate surface area is 152 Å². The molecule has 3 fully saturated rings. The zero-order valence-electron chi connectivity index (χ0n) is 15.0. The van der Waals surface area contributed by atoms with Crippen LogP contribution in [0.5, 0.6) is 0 Å². The summed E-state index contributed by atoms with van der Waals surface area (Å²) in [5.41, 5.74) is 3.84. The molecular formula is C18H26N3O5. The predicted molar refractivity (Wildman–Crippen MR) is 91.3 cm³/mol. The summed E-state index contributed by atoms with van der Waals surface area (Å²) in [6, 6.07) is -1.03. The SMILES string of the molecule is CC(C[CH]C(=O)N1CCC2C1C(=O)CN2C(=O)C1(O)CCCC1)C(N)=O. The number of nitrogens with zero attached hydrogens (tertiary/aromatic N) is 2. The zero-order chi connectivity index (χ0) is 19.1. The Balaban J connectivity index is 1.66. The molecule has 143 valence electrons. The number of ketones is 1. The van der Waals surface area contributed by atoms with Crippen LogP contribution in [0.2, 0.25) is 0 Å². The van der Waals surface area contributed by atoms with Gasteiger partial charge in [-0.05, 0) is 38.5 Å². The first-order chi connectivity index (χ1) is 12.2. The van der Waals surface area contributed by atoms with Crippen LogP contribution in [0.15, 0.2) is 0 Å². The van der Waals surface area contributed by atoms with Gasteiger partial charge in [-0.25, -0.2) is 0 Å². The van der Waals surface area contributed by atoms with Gasteiger partial charge < -0.3 is 20.6 Å². The van der Waals surface area contributed by atoms with Crippen molar-refractivity contribution in [1.29, 1.82) is 0 Å². The van der Waals surface area contributed by atoms with E-state index in [0.29, 0.717) is 25.8 Å². The van der Waals surface area contributed by atoms with Crippen molar-refractivity contribution in [3.05, 3.63) is 6.42 Å². The summed E-state index contributed by atoms with van der Waals surface area (Å²) in [5, 5.41) is 10.6. The van der Waals surface area contributed by atoms with E-state index in [2.05, 4.69) is 0 Å². The molecule has 8 heteroatoms. The van der Waals surface area contributed by atoms with E-state index in [1.807, 2.05) is 0 Å². The molecule has 8 nitrogen and oxygen atoms in total. The minimum Gasteiger partial charge on any atom is -0.380 e. The summed E-state index contributed by atoms with van der Waals surface area (Å²) in [4.78, 5) is 51.8. The number of likely N-dealkylation sites (tertiary alicyclic amines) is 2. The Hall–Kier alpha value is -1.96. The van der Waals surface area contributed by atoms with Crippen LogP contribution in [0, 0.1) is 12.3 Å². The van der Waals surface area contributed by atoms with Crippen LogP contribution in [0.3, 0.4) is 0 Å². The lowest BCUT2D eigenvalue weighted by Crippen LogP contribution is -2.50. The average molecular weight is 364 g/mol. The summed E-state index contributed by atoms with van der Waals surface area (Å²) < 4.78 is 0. The van der Waals surface area contributed by atoms with E-state index in [0.717, 1.165) is 12.8 Å². The molecule has 0 aromatic carbocycles. The van der Waals surface area contributed by atoms with Crippen molar-refractivity contribution in [2.24, 2.45) is 11.7 Å². The van der Waals surface area contributed by atoms with Crippen LogP contribution in [0.1, 0.15) is 45.4 Å². The number of hydrogen-bond donors (Lipinski definition) is 2. The Kier molecular flexibility index (Phi) is 5.05. The maximum absolute atomic E-state index is 12.8. The van der Waals surface area contributed by atoms with E-state index >= 15 is 0 Å². The van der Waals surface area contributed by atoms with Gasteiger partial charge in [0, 0.05) is 12.5 Å². The monoisotopic (exact) mass is 364 g/mol. The summed E-state index contributed by atoms with van der Waals surface area (Å²) >= 11 is 0. The molecular weight excluding hydrogens is 338 g/mol. The summed E-state index contributed by atoms with van der Waals surface area (Å²) in [6.45, 7) is 1.96. The fourth-order valence-corrected chi connectivity index (χ4v) is 4.29. The molecule has 0 aromatic heterocycles. The molecule has 1 radical (unpaired) electrons. The summed E-state index contributed by atoms with van der Waals surface area (Å²) in [5.74, 6) is -1.80. The first-order valence-electron chi connectivity index (χ1n) is 9.24. The molecule has 0 aromatic rings. The highest BCUT2D eigenvalue weighted by atomic mass is 16.3. The standard InChI is InChI=1S/C18H26N3O5/c1-11(16(19)24)4-5-14(23)20-9-6-12-15(20)13(22)10-21(12)17(25)18(26)7-2-3-8-18/h5,11-12,15,26H,2-4,6-10H2,1H3,(H2,19,24). The van der Waals surface area contributed by atoms with Gasteiger partial charge in [-0.2, -0.15) is 0 Å². The van der Waals surface area contributed by atoms with Crippen molar-refractivity contribution in [2.75, 3.05) is 13.1 Å². The van der Waals surface area contributed by atoms with E-state index < -0.39 is 23.5 Å². The van der Waals surface area contributed by atoms with E-state index in [4.69, 9.17) is 5.73 Å². The molecule has 3 aliphatic rings. The average Bonchev–Trinajstić information content (AvgIpc) is 3.29. The molecule has 2 heterocycles. The number of nitrogens with two attached hydrogens (primary N) is 1. The number of rotatable bonds is 5. The quantitative estimate of drug-likeness (QED) is 0.674. The Morgan fingerprint density at radius 1 is 1.31 bits per heavy atom. The molecule has 2 saturated heterocycles. The third kappa shape index (κ3) is 3.22. The molecule has 0 spiro atoms. The molecule has 2 aliphatic heterocycles. The highest BCUT2D eigenvalue weighted by Crippen LogP contribution is 2.36. The third-order valence-electron chi connectivity index (χ3n) is 5.93. The van der Waals surface area contributed by atoms with Gasteiger partial charge in [0.25, 0.3) is 5.91 Å². The lowest BCUT2D eigenvalue weighted by Gasteiger charge is -2.30. The first kappa shape index (κ1) is 18.8. The molecule has 3 amide bonds. The first-order valence-corrected chi connectivity index (χ1v) is 9.24. The van der Waals surface area contributed by atoms with Crippen molar-refractivity contribution < 1.29 is 24.3 Å². The third-order valence-corrected chi connectivity index (χ3v) is 5.93. The Morgan fingerprint density at radius 2 is 1.96 bits per heavy atom. The van der Waals surface area contributed by atoms with Crippen molar-refractivity contribution in [3.8, 4) is 0 Å². The Morgan fingerprint density at radius 3 is 2.58 bits per heavy atom. The largest absolute Gasteiger partial charge is 0.380 e. The minimum atomic E-state index is -1.37. The fraction of sp³-hybridized carbons (Fsp3) is 0.722. The van der Waals surface area contributed by atoms with Crippen LogP contribution in [0.4, 0.5) is 0 Å². The predicted octanol–water partition coefficient (Wildman–Crippen LogP) is -0.612. The zero-order valence-corrected chi connectivity index (χ0v) is 15.0. The van der Waals surface area contributed by atoms with Gasteiger partial charge in [-0.1, -0.05) is 6.92 Å². The smallest absolute Gasteiger partial charge is 0.255 e. The number of fused-ring (bicyclic) bond motifs is 1.